The Balaban J connectivity index is 1.43. The van der Waals surface area contributed by atoms with Crippen LogP contribution >= 0.6 is 0 Å². The smallest absolute Gasteiger partial charge is 0.346 e. The molecule has 3 aromatic heterocycles. The number of rotatable bonds is 4. The highest BCUT2D eigenvalue weighted by Gasteiger charge is 2.33. The summed E-state index contributed by atoms with van der Waals surface area (Å²) >= 11 is 0. The second kappa shape index (κ2) is 8.56. The number of nitrogens with zero attached hydrogens (tertiary/aromatic N) is 5. The summed E-state index contributed by atoms with van der Waals surface area (Å²) in [6.07, 6.45) is 3.68. The van der Waals surface area contributed by atoms with Crippen LogP contribution in [0, 0.1) is 11.6 Å². The van der Waals surface area contributed by atoms with Gasteiger partial charge in [0, 0.05) is 30.4 Å². The Labute approximate surface area is 191 Å². The summed E-state index contributed by atoms with van der Waals surface area (Å²) in [5.74, 6) is -1.13. The van der Waals surface area contributed by atoms with Gasteiger partial charge in [-0.1, -0.05) is 0 Å². The number of carbonyl (C=O) groups excluding carboxylic acids is 1. The number of hydroxylamine groups is 2. The number of carbonyl (C=O) groups is 1. The Morgan fingerprint density at radius 2 is 2.00 bits per heavy atom. The summed E-state index contributed by atoms with van der Waals surface area (Å²) in [4.78, 5) is 26.9. The molecule has 10 nitrogen and oxygen atoms in total. The Kier molecular flexibility index (Phi) is 5.42. The van der Waals surface area contributed by atoms with Crippen molar-refractivity contribution in [3.63, 3.8) is 0 Å². The summed E-state index contributed by atoms with van der Waals surface area (Å²) in [6.45, 7) is 0.215. The minimum Gasteiger partial charge on any atom is -0.480 e. The van der Waals surface area contributed by atoms with Gasteiger partial charge in [0.15, 0.2) is 5.65 Å². The molecule has 3 N–H and O–H groups in total. The van der Waals surface area contributed by atoms with E-state index in [9.17, 15) is 13.6 Å². The van der Waals surface area contributed by atoms with Gasteiger partial charge in [-0.05, 0) is 41.5 Å². The number of amides is 2. The molecule has 0 aliphatic carbocycles. The molecule has 1 unspecified atom stereocenters. The third-order valence-corrected chi connectivity index (χ3v) is 5.35. The number of halogens is 2. The topological polar surface area (TPSA) is 120 Å². The maximum Gasteiger partial charge on any atom is 0.346 e. The molecule has 5 rings (SSSR count). The van der Waals surface area contributed by atoms with Crippen LogP contribution in [-0.2, 0) is 4.84 Å². The largest absolute Gasteiger partial charge is 0.480 e. The van der Waals surface area contributed by atoms with Crippen LogP contribution in [0.3, 0.4) is 0 Å². The van der Waals surface area contributed by atoms with Crippen LogP contribution < -0.4 is 15.8 Å². The zero-order valence-electron chi connectivity index (χ0n) is 17.9. The lowest BCUT2D eigenvalue weighted by molar-refractivity contribution is -0.0830. The number of hydrogen-bond donors (Lipinski definition) is 2. The number of anilines is 2. The molecule has 2 amide bonds. The number of nitrogen functional groups attached to an aromatic ring is 1. The number of aromatic nitrogens is 4. The molecule has 174 valence electrons. The van der Waals surface area contributed by atoms with Crippen LogP contribution in [0.5, 0.6) is 5.88 Å². The minimum atomic E-state index is -0.729. The van der Waals surface area contributed by atoms with E-state index in [1.165, 1.54) is 19.2 Å². The fourth-order valence-corrected chi connectivity index (χ4v) is 3.85. The van der Waals surface area contributed by atoms with Crippen LogP contribution in [0.4, 0.5) is 25.2 Å². The van der Waals surface area contributed by atoms with Crippen molar-refractivity contribution in [2.24, 2.45) is 0 Å². The molecule has 4 heterocycles. The summed E-state index contributed by atoms with van der Waals surface area (Å²) in [5, 5.41) is 7.82. The highest BCUT2D eigenvalue weighted by Crippen LogP contribution is 2.33. The lowest BCUT2D eigenvalue weighted by Crippen LogP contribution is -2.33. The first-order chi connectivity index (χ1) is 16.4. The Hall–Kier alpha value is -4.32. The standard InChI is InChI=1S/C22H19F2N7O3/c1-33-20-17(8-14(11-26-20)12-2-4-30-19(9-12)28-21(25)29-30)27-22(32)31-18(3-5-34-31)13-6-15(23)10-16(24)7-13/h2,4,6-11,18H,3,5H2,1H3,(H2,25,29)(H,27,32). The average Bonchev–Trinajstić information content (AvgIpc) is 3.44. The van der Waals surface area contributed by atoms with Crippen molar-refractivity contribution in [3.05, 3.63) is 66.0 Å². The summed E-state index contributed by atoms with van der Waals surface area (Å²) in [7, 11) is 1.42. The van der Waals surface area contributed by atoms with E-state index in [-0.39, 0.29) is 24.1 Å². The number of hydrogen-bond acceptors (Lipinski definition) is 7. The molecule has 1 fully saturated rings. The molecular weight excluding hydrogens is 448 g/mol. The van der Waals surface area contributed by atoms with Crippen LogP contribution in [0.1, 0.15) is 18.0 Å². The summed E-state index contributed by atoms with van der Waals surface area (Å²) in [6, 6.07) is 7.10. The molecule has 34 heavy (non-hydrogen) atoms. The predicted octanol–water partition coefficient (Wildman–Crippen LogP) is 3.57. The van der Waals surface area contributed by atoms with Crippen molar-refractivity contribution in [2.45, 2.75) is 12.5 Å². The molecule has 1 saturated heterocycles. The monoisotopic (exact) mass is 467 g/mol. The zero-order chi connectivity index (χ0) is 23.8. The third kappa shape index (κ3) is 4.06. The second-order valence-corrected chi connectivity index (χ2v) is 7.57. The predicted molar refractivity (Wildman–Crippen MR) is 118 cm³/mol. The molecule has 0 radical (unpaired) electrons. The second-order valence-electron chi connectivity index (χ2n) is 7.57. The van der Waals surface area contributed by atoms with Gasteiger partial charge < -0.3 is 15.8 Å². The number of nitrogens with two attached hydrogens (primary N) is 1. The van der Waals surface area contributed by atoms with E-state index in [1.807, 2.05) is 0 Å². The van der Waals surface area contributed by atoms with E-state index in [0.29, 0.717) is 23.2 Å². The van der Waals surface area contributed by atoms with Crippen LogP contribution in [0.15, 0.2) is 48.8 Å². The molecule has 0 spiro atoms. The molecule has 1 aliphatic rings. The lowest BCUT2D eigenvalue weighted by atomic mass is 10.0. The molecule has 1 atom stereocenters. The van der Waals surface area contributed by atoms with E-state index in [0.717, 1.165) is 16.7 Å². The van der Waals surface area contributed by atoms with E-state index in [4.69, 9.17) is 15.3 Å². The maximum absolute atomic E-state index is 13.7. The molecule has 12 heteroatoms. The van der Waals surface area contributed by atoms with Gasteiger partial charge >= 0.3 is 6.03 Å². The van der Waals surface area contributed by atoms with Gasteiger partial charge in [0.05, 0.1) is 19.8 Å². The number of nitrogens with one attached hydrogen (secondary N) is 1. The fraction of sp³-hybridized carbons (Fsp3) is 0.182. The van der Waals surface area contributed by atoms with Crippen molar-refractivity contribution < 1.29 is 23.1 Å². The fourth-order valence-electron chi connectivity index (χ4n) is 3.85. The van der Waals surface area contributed by atoms with Crippen LogP contribution in [0.2, 0.25) is 0 Å². The third-order valence-electron chi connectivity index (χ3n) is 5.35. The lowest BCUT2D eigenvalue weighted by Gasteiger charge is -2.23. The number of ether oxygens (including phenoxy) is 1. The summed E-state index contributed by atoms with van der Waals surface area (Å²) < 4.78 is 34.3. The van der Waals surface area contributed by atoms with Crippen molar-refractivity contribution in [1.82, 2.24) is 24.6 Å². The van der Waals surface area contributed by atoms with Crippen LogP contribution in [0.25, 0.3) is 16.8 Å². The van der Waals surface area contributed by atoms with Crippen LogP contribution in [-0.4, -0.2) is 44.4 Å². The first-order valence-electron chi connectivity index (χ1n) is 10.3. The Morgan fingerprint density at radius 3 is 2.76 bits per heavy atom. The average molecular weight is 467 g/mol. The number of methoxy groups -OCH3 is 1. The van der Waals surface area contributed by atoms with Gasteiger partial charge in [0.25, 0.3) is 0 Å². The SMILES string of the molecule is COc1ncc(-c2ccn3nc(N)nc3c2)cc1NC(=O)N1OCCC1c1cc(F)cc(F)c1. The van der Waals surface area contributed by atoms with Crippen molar-refractivity contribution in [3.8, 4) is 17.0 Å². The Morgan fingerprint density at radius 1 is 1.21 bits per heavy atom. The first kappa shape index (κ1) is 21.5. The molecule has 1 aliphatic heterocycles. The van der Waals surface area contributed by atoms with Gasteiger partial charge in [-0.15, -0.1) is 5.10 Å². The van der Waals surface area contributed by atoms with Crippen molar-refractivity contribution >= 4 is 23.3 Å². The van der Waals surface area contributed by atoms with E-state index in [2.05, 4.69) is 20.4 Å². The van der Waals surface area contributed by atoms with Gasteiger partial charge in [-0.3, -0.25) is 4.84 Å². The van der Waals surface area contributed by atoms with Crippen molar-refractivity contribution in [2.75, 3.05) is 24.8 Å². The molecule has 1 aromatic carbocycles. The van der Waals surface area contributed by atoms with Crippen molar-refractivity contribution in [1.29, 1.82) is 0 Å². The van der Waals surface area contributed by atoms with Gasteiger partial charge in [0.2, 0.25) is 11.8 Å². The highest BCUT2D eigenvalue weighted by atomic mass is 19.1. The maximum atomic E-state index is 13.7. The van der Waals surface area contributed by atoms with E-state index in [1.54, 1.807) is 35.1 Å². The van der Waals surface area contributed by atoms with Gasteiger partial charge in [-0.25, -0.2) is 23.1 Å². The quantitative estimate of drug-likeness (QED) is 0.471. The number of benzene rings is 1. The summed E-state index contributed by atoms with van der Waals surface area (Å²) in [5.41, 5.74) is 8.21. The van der Waals surface area contributed by atoms with E-state index >= 15 is 0 Å². The number of pyridine rings is 2. The molecule has 0 saturated carbocycles. The molecule has 4 aromatic rings. The van der Waals surface area contributed by atoms with E-state index < -0.39 is 23.7 Å². The number of fused-ring (bicyclic) bond motifs is 1. The Bertz CT molecular complexity index is 1370. The zero-order valence-corrected chi connectivity index (χ0v) is 17.9. The molecule has 0 bridgehead atoms. The minimum absolute atomic E-state index is 0.149. The highest BCUT2D eigenvalue weighted by molar-refractivity contribution is 5.91. The number of urea groups is 1. The van der Waals surface area contributed by atoms with Gasteiger partial charge in [-0.2, -0.15) is 10.0 Å². The normalized spacial score (nSPS) is 15.6. The first-order valence-corrected chi connectivity index (χ1v) is 10.3. The molecular formula is C22H19F2N7O3. The van der Waals surface area contributed by atoms with Gasteiger partial charge in [0.1, 0.15) is 17.3 Å².